The molecule has 9 heteroatoms. The van der Waals surface area contributed by atoms with Gasteiger partial charge in [0.25, 0.3) is 0 Å². The highest BCUT2D eigenvalue weighted by molar-refractivity contribution is 7.92. The number of ether oxygens (including phenoxy) is 1. The quantitative estimate of drug-likeness (QED) is 0.444. The van der Waals surface area contributed by atoms with Crippen LogP contribution in [0.2, 0.25) is 0 Å². The van der Waals surface area contributed by atoms with Crippen LogP contribution in [0.15, 0.2) is 47.4 Å². The number of aromatic nitrogens is 1. The van der Waals surface area contributed by atoms with Gasteiger partial charge in [0.05, 0.1) is 22.2 Å². The van der Waals surface area contributed by atoms with Gasteiger partial charge in [0.1, 0.15) is 11.5 Å². The fourth-order valence-corrected chi connectivity index (χ4v) is 5.66. The van der Waals surface area contributed by atoms with E-state index in [4.69, 9.17) is 4.74 Å². The first-order valence-electron chi connectivity index (χ1n) is 10.5. The van der Waals surface area contributed by atoms with Crippen LogP contribution in [-0.2, 0) is 14.6 Å². The summed E-state index contributed by atoms with van der Waals surface area (Å²) in [5.74, 6) is -0.545. The van der Waals surface area contributed by atoms with Crippen molar-refractivity contribution in [1.82, 2.24) is 9.88 Å². The molecule has 3 rings (SSSR count). The van der Waals surface area contributed by atoms with Crippen molar-refractivity contribution in [2.75, 3.05) is 43.9 Å². The molecular weight excluding hydrogens is 446 g/mol. The van der Waals surface area contributed by atoms with E-state index in [1.54, 1.807) is 12.1 Å². The lowest BCUT2D eigenvalue weighted by molar-refractivity contribution is -0.116. The first-order valence-corrected chi connectivity index (χ1v) is 13.0. The molecule has 1 aromatic heterocycles. The second-order valence-corrected chi connectivity index (χ2v) is 10.5. The topological polar surface area (TPSA) is 79.8 Å². The van der Waals surface area contributed by atoms with E-state index < -0.39 is 21.5 Å². The van der Waals surface area contributed by atoms with Gasteiger partial charge in [0.2, 0.25) is 5.91 Å². The largest absolute Gasteiger partial charge is 0.497 e. The highest BCUT2D eigenvalue weighted by Gasteiger charge is 2.27. The zero-order chi connectivity index (χ0) is 23.3. The summed E-state index contributed by atoms with van der Waals surface area (Å²) in [5.41, 5.74) is 1.91. The summed E-state index contributed by atoms with van der Waals surface area (Å²) in [6, 6.07) is 12.0. The van der Waals surface area contributed by atoms with Crippen molar-refractivity contribution >= 4 is 42.4 Å². The number of fused-ring (bicyclic) bond motifs is 1. The molecule has 0 aliphatic rings. The molecule has 0 aliphatic heterocycles. The fraction of sp³-hybridized carbons (Fsp3) is 0.391. The molecule has 2 aromatic carbocycles. The summed E-state index contributed by atoms with van der Waals surface area (Å²) in [5, 5.41) is 0.521. The lowest BCUT2D eigenvalue weighted by Crippen LogP contribution is -2.41. The van der Waals surface area contributed by atoms with Gasteiger partial charge in [-0.15, -0.1) is 0 Å². The molecule has 172 valence electrons. The predicted molar refractivity (Wildman–Crippen MR) is 130 cm³/mol. The van der Waals surface area contributed by atoms with E-state index in [2.05, 4.69) is 23.7 Å². The summed E-state index contributed by atoms with van der Waals surface area (Å²) < 4.78 is 31.9. The van der Waals surface area contributed by atoms with Gasteiger partial charge in [-0.1, -0.05) is 31.3 Å². The maximum atomic E-state index is 13.3. The van der Waals surface area contributed by atoms with Gasteiger partial charge in [0, 0.05) is 13.1 Å². The van der Waals surface area contributed by atoms with Crippen LogP contribution >= 0.6 is 11.3 Å². The third-order valence-corrected chi connectivity index (χ3v) is 7.99. The number of sulfone groups is 1. The van der Waals surface area contributed by atoms with Crippen molar-refractivity contribution in [3.8, 4) is 5.75 Å². The molecule has 1 heterocycles. The van der Waals surface area contributed by atoms with Crippen LogP contribution in [-0.4, -0.2) is 63.3 Å². The SMILES string of the molecule is CCN(CC)CCN(C(=O)CS(=O)(=O)c1ccc(OC)cc1)c1nc2ccc(C)cc2s1. The normalized spacial score (nSPS) is 11.8. The third-order valence-electron chi connectivity index (χ3n) is 5.33. The van der Waals surface area contributed by atoms with Gasteiger partial charge in [-0.3, -0.25) is 9.69 Å². The Morgan fingerprint density at radius 2 is 1.75 bits per heavy atom. The molecule has 0 saturated carbocycles. The van der Waals surface area contributed by atoms with Crippen molar-refractivity contribution in [2.24, 2.45) is 0 Å². The summed E-state index contributed by atoms with van der Waals surface area (Å²) in [7, 11) is -2.29. The Kier molecular flexibility index (Phi) is 7.86. The van der Waals surface area contributed by atoms with Crippen molar-refractivity contribution in [2.45, 2.75) is 25.7 Å². The molecule has 0 spiro atoms. The number of rotatable bonds is 10. The number of methoxy groups -OCH3 is 1. The first-order chi connectivity index (χ1) is 15.3. The molecule has 0 unspecified atom stereocenters. The zero-order valence-corrected chi connectivity index (χ0v) is 20.5. The average Bonchev–Trinajstić information content (AvgIpc) is 3.19. The second-order valence-electron chi connectivity index (χ2n) is 7.47. The summed E-state index contributed by atoms with van der Waals surface area (Å²) in [4.78, 5) is 21.7. The Bertz CT molecular complexity index is 1170. The number of benzene rings is 2. The highest BCUT2D eigenvalue weighted by Crippen LogP contribution is 2.30. The maximum absolute atomic E-state index is 13.3. The molecule has 0 saturated heterocycles. The smallest absolute Gasteiger partial charge is 0.244 e. The van der Waals surface area contributed by atoms with Gasteiger partial charge in [-0.05, 0) is 62.0 Å². The van der Waals surface area contributed by atoms with Gasteiger partial charge in [-0.25, -0.2) is 13.4 Å². The maximum Gasteiger partial charge on any atom is 0.244 e. The number of anilines is 1. The van der Waals surface area contributed by atoms with Gasteiger partial charge < -0.3 is 9.64 Å². The number of carbonyl (C=O) groups is 1. The molecule has 3 aromatic rings. The zero-order valence-electron chi connectivity index (χ0n) is 18.9. The van der Waals surface area contributed by atoms with E-state index in [0.29, 0.717) is 24.0 Å². The Morgan fingerprint density at radius 3 is 2.38 bits per heavy atom. The van der Waals surface area contributed by atoms with E-state index in [9.17, 15) is 13.2 Å². The van der Waals surface area contributed by atoms with E-state index in [-0.39, 0.29) is 4.90 Å². The van der Waals surface area contributed by atoms with Crippen molar-refractivity contribution in [1.29, 1.82) is 0 Å². The third kappa shape index (κ3) is 5.65. The Balaban J connectivity index is 1.89. The number of nitrogens with zero attached hydrogens (tertiary/aromatic N) is 3. The molecule has 0 aliphatic carbocycles. The monoisotopic (exact) mass is 475 g/mol. The van der Waals surface area contributed by atoms with Crippen LogP contribution < -0.4 is 9.64 Å². The minimum Gasteiger partial charge on any atom is -0.497 e. The van der Waals surface area contributed by atoms with E-state index in [1.165, 1.54) is 35.5 Å². The molecule has 0 atom stereocenters. The van der Waals surface area contributed by atoms with E-state index >= 15 is 0 Å². The summed E-state index contributed by atoms with van der Waals surface area (Å²) in [6.07, 6.45) is 0. The van der Waals surface area contributed by atoms with Crippen LogP contribution in [0, 0.1) is 6.92 Å². The van der Waals surface area contributed by atoms with Gasteiger partial charge in [-0.2, -0.15) is 0 Å². The minimum absolute atomic E-state index is 0.0928. The van der Waals surface area contributed by atoms with Gasteiger partial charge >= 0.3 is 0 Å². The van der Waals surface area contributed by atoms with Crippen molar-refractivity contribution in [3.05, 3.63) is 48.0 Å². The second kappa shape index (κ2) is 10.4. The van der Waals surface area contributed by atoms with Crippen LogP contribution in [0.25, 0.3) is 10.2 Å². The van der Waals surface area contributed by atoms with E-state index in [0.717, 1.165) is 28.9 Å². The number of hydrogen-bond acceptors (Lipinski definition) is 7. The fourth-order valence-electron chi connectivity index (χ4n) is 3.35. The Morgan fingerprint density at radius 1 is 1.06 bits per heavy atom. The molecule has 0 fully saturated rings. The molecule has 7 nitrogen and oxygen atoms in total. The number of hydrogen-bond donors (Lipinski definition) is 0. The van der Waals surface area contributed by atoms with Crippen LogP contribution in [0.3, 0.4) is 0 Å². The predicted octanol–water partition coefficient (Wildman–Crippen LogP) is 3.76. The molecule has 32 heavy (non-hydrogen) atoms. The summed E-state index contributed by atoms with van der Waals surface area (Å²) >= 11 is 1.41. The van der Waals surface area contributed by atoms with Crippen LogP contribution in [0.4, 0.5) is 5.13 Å². The highest BCUT2D eigenvalue weighted by atomic mass is 32.2. The molecular formula is C23H29N3O4S2. The standard InChI is InChI=1S/C23H29N3O4S2/c1-5-25(6-2)13-14-26(23-24-20-12-7-17(3)15-21(20)31-23)22(27)16-32(28,29)19-10-8-18(30-4)9-11-19/h7-12,15H,5-6,13-14,16H2,1-4H3. The number of likely N-dealkylation sites (N-methyl/N-ethyl adjacent to an activating group) is 1. The Hall–Kier alpha value is -2.49. The van der Waals surface area contributed by atoms with Crippen molar-refractivity contribution in [3.63, 3.8) is 0 Å². The van der Waals surface area contributed by atoms with E-state index in [1.807, 2.05) is 25.1 Å². The molecule has 0 N–H and O–H groups in total. The number of amides is 1. The molecule has 0 radical (unpaired) electrons. The first kappa shape index (κ1) is 24.2. The van der Waals surface area contributed by atoms with Crippen LogP contribution in [0.1, 0.15) is 19.4 Å². The molecule has 1 amide bonds. The van der Waals surface area contributed by atoms with Gasteiger partial charge in [0.15, 0.2) is 15.0 Å². The average molecular weight is 476 g/mol. The van der Waals surface area contributed by atoms with Crippen LogP contribution in [0.5, 0.6) is 5.75 Å². The Labute approximate surface area is 193 Å². The number of aryl methyl sites for hydroxylation is 1. The minimum atomic E-state index is -3.81. The summed E-state index contributed by atoms with van der Waals surface area (Å²) in [6.45, 7) is 8.83. The number of thiazole rings is 1. The lowest BCUT2D eigenvalue weighted by atomic mass is 10.2. The lowest BCUT2D eigenvalue weighted by Gasteiger charge is -2.24. The number of carbonyl (C=O) groups excluding carboxylic acids is 1. The van der Waals surface area contributed by atoms with Crippen molar-refractivity contribution < 1.29 is 17.9 Å². The molecule has 0 bridgehead atoms.